The minimum Gasteiger partial charge on any atom is -0.480 e. The second-order valence-electron chi connectivity index (χ2n) is 5.76. The van der Waals surface area contributed by atoms with Crippen molar-refractivity contribution in [2.45, 2.75) is 12.5 Å². The highest BCUT2D eigenvalue weighted by Gasteiger charge is 2.21. The van der Waals surface area contributed by atoms with E-state index in [4.69, 9.17) is 0 Å². The molecular weight excluding hydrogens is 382 g/mol. The van der Waals surface area contributed by atoms with Crippen LogP contribution < -0.4 is 5.32 Å². The van der Waals surface area contributed by atoms with Crippen molar-refractivity contribution in [1.29, 1.82) is 0 Å². The van der Waals surface area contributed by atoms with Crippen LogP contribution in [0, 0.1) is 0 Å². The van der Waals surface area contributed by atoms with Crippen molar-refractivity contribution in [1.82, 2.24) is 5.32 Å². The molecule has 1 atom stereocenters. The summed E-state index contributed by atoms with van der Waals surface area (Å²) >= 11 is 3.31. The lowest BCUT2D eigenvalue weighted by Gasteiger charge is -2.15. The van der Waals surface area contributed by atoms with Crippen molar-refractivity contribution in [3.8, 4) is 0 Å². The predicted molar refractivity (Wildman–Crippen MR) is 101 cm³/mol. The van der Waals surface area contributed by atoms with Crippen LogP contribution in [0.2, 0.25) is 0 Å². The zero-order valence-corrected chi connectivity index (χ0v) is 14.9. The molecule has 0 saturated heterocycles. The van der Waals surface area contributed by atoms with Crippen LogP contribution in [0.25, 0.3) is 10.8 Å². The molecule has 0 unspecified atom stereocenters. The van der Waals surface area contributed by atoms with Gasteiger partial charge in [0, 0.05) is 16.5 Å². The summed E-state index contributed by atoms with van der Waals surface area (Å²) in [4.78, 5) is 23.9. The third kappa shape index (κ3) is 4.25. The number of amides is 1. The fraction of sp³-hybridized carbons (Fsp3) is 0.100. The Kier molecular flexibility index (Phi) is 5.14. The first-order valence-corrected chi connectivity index (χ1v) is 8.59. The molecule has 1 amide bonds. The second-order valence-corrected chi connectivity index (χ2v) is 6.68. The second kappa shape index (κ2) is 7.49. The van der Waals surface area contributed by atoms with E-state index in [-0.39, 0.29) is 6.42 Å². The van der Waals surface area contributed by atoms with Crippen LogP contribution in [0.1, 0.15) is 15.9 Å². The van der Waals surface area contributed by atoms with Gasteiger partial charge < -0.3 is 10.4 Å². The number of carboxylic acids is 1. The molecule has 126 valence electrons. The monoisotopic (exact) mass is 397 g/mol. The maximum Gasteiger partial charge on any atom is 0.326 e. The number of rotatable bonds is 5. The molecule has 0 aliphatic rings. The van der Waals surface area contributed by atoms with Crippen molar-refractivity contribution in [3.05, 3.63) is 82.3 Å². The zero-order chi connectivity index (χ0) is 17.8. The van der Waals surface area contributed by atoms with E-state index in [0.717, 1.165) is 20.8 Å². The third-order valence-corrected chi connectivity index (χ3v) is 4.44. The molecule has 3 rings (SSSR count). The first kappa shape index (κ1) is 17.2. The molecule has 5 heteroatoms. The van der Waals surface area contributed by atoms with Crippen LogP contribution in [0.5, 0.6) is 0 Å². The molecule has 0 fully saturated rings. The summed E-state index contributed by atoms with van der Waals surface area (Å²) in [6.45, 7) is 0. The summed E-state index contributed by atoms with van der Waals surface area (Å²) in [7, 11) is 0. The van der Waals surface area contributed by atoms with Gasteiger partial charge in [-0.05, 0) is 34.5 Å². The van der Waals surface area contributed by atoms with Gasteiger partial charge >= 0.3 is 5.97 Å². The third-order valence-electron chi connectivity index (χ3n) is 3.94. The highest BCUT2D eigenvalue weighted by molar-refractivity contribution is 9.10. The van der Waals surface area contributed by atoms with Gasteiger partial charge in [0.25, 0.3) is 5.91 Å². The predicted octanol–water partition coefficient (Wildman–Crippen LogP) is 4.03. The Balaban J connectivity index is 1.78. The number of halogens is 1. The summed E-state index contributed by atoms with van der Waals surface area (Å²) in [6.07, 6.45) is 0.222. The topological polar surface area (TPSA) is 66.4 Å². The standard InChI is InChI=1S/C20H16BrNO3/c21-17-7-3-6-16(12-17)19(23)22-18(20(24)25)11-13-8-9-14-4-1-2-5-15(14)10-13/h1-10,12,18H,11H2,(H,22,23)(H,24,25)/t18-/m0/s1. The van der Waals surface area contributed by atoms with Crippen molar-refractivity contribution in [3.63, 3.8) is 0 Å². The van der Waals surface area contributed by atoms with E-state index in [1.165, 1.54) is 0 Å². The zero-order valence-electron chi connectivity index (χ0n) is 13.3. The Morgan fingerprint density at radius 1 is 0.960 bits per heavy atom. The van der Waals surface area contributed by atoms with Gasteiger partial charge in [0.15, 0.2) is 0 Å². The molecule has 0 aromatic heterocycles. The Labute approximate surface area is 153 Å². The smallest absolute Gasteiger partial charge is 0.326 e. The largest absolute Gasteiger partial charge is 0.480 e. The molecule has 0 radical (unpaired) electrons. The molecule has 0 saturated carbocycles. The van der Waals surface area contributed by atoms with Crippen LogP contribution >= 0.6 is 15.9 Å². The summed E-state index contributed by atoms with van der Waals surface area (Å²) < 4.78 is 0.765. The van der Waals surface area contributed by atoms with Crippen molar-refractivity contribution < 1.29 is 14.7 Å². The molecule has 0 spiro atoms. The number of nitrogens with one attached hydrogen (secondary N) is 1. The van der Waals surface area contributed by atoms with E-state index in [1.807, 2.05) is 42.5 Å². The number of carboxylic acid groups (broad SMARTS) is 1. The van der Waals surface area contributed by atoms with Crippen LogP contribution in [0.4, 0.5) is 0 Å². The molecule has 2 N–H and O–H groups in total. The minimum atomic E-state index is -1.06. The highest BCUT2D eigenvalue weighted by Crippen LogP contribution is 2.17. The summed E-state index contributed by atoms with van der Waals surface area (Å²) in [5, 5.41) is 14.2. The molecule has 3 aromatic rings. The first-order valence-electron chi connectivity index (χ1n) is 7.80. The number of benzene rings is 3. The van der Waals surface area contributed by atoms with Crippen molar-refractivity contribution >= 4 is 38.6 Å². The quantitative estimate of drug-likeness (QED) is 0.682. The first-order chi connectivity index (χ1) is 12.0. The van der Waals surface area contributed by atoms with E-state index in [0.29, 0.717) is 5.56 Å². The van der Waals surface area contributed by atoms with E-state index < -0.39 is 17.9 Å². The van der Waals surface area contributed by atoms with E-state index in [2.05, 4.69) is 21.2 Å². The number of carbonyl (C=O) groups is 2. The molecule has 0 heterocycles. The number of fused-ring (bicyclic) bond motifs is 1. The van der Waals surface area contributed by atoms with E-state index in [1.54, 1.807) is 24.3 Å². The summed E-state index contributed by atoms with van der Waals surface area (Å²) in [6, 6.07) is 19.5. The lowest BCUT2D eigenvalue weighted by atomic mass is 10.0. The highest BCUT2D eigenvalue weighted by atomic mass is 79.9. The Bertz CT molecular complexity index is 939. The van der Waals surface area contributed by atoms with Crippen molar-refractivity contribution in [2.75, 3.05) is 0 Å². The maximum atomic E-state index is 12.3. The molecule has 25 heavy (non-hydrogen) atoms. The van der Waals surface area contributed by atoms with Crippen LogP contribution in [0.3, 0.4) is 0 Å². The van der Waals surface area contributed by atoms with Gasteiger partial charge in [-0.1, -0.05) is 64.5 Å². The Morgan fingerprint density at radius 3 is 2.44 bits per heavy atom. The molecule has 0 aliphatic carbocycles. The van der Waals surface area contributed by atoms with Gasteiger partial charge in [-0.2, -0.15) is 0 Å². The van der Waals surface area contributed by atoms with Crippen LogP contribution in [-0.4, -0.2) is 23.0 Å². The van der Waals surface area contributed by atoms with E-state index in [9.17, 15) is 14.7 Å². The Hall–Kier alpha value is -2.66. The lowest BCUT2D eigenvalue weighted by molar-refractivity contribution is -0.139. The molecule has 4 nitrogen and oxygen atoms in total. The fourth-order valence-electron chi connectivity index (χ4n) is 2.67. The normalized spacial score (nSPS) is 11.9. The summed E-state index contributed by atoms with van der Waals surface area (Å²) in [5.74, 6) is -1.47. The van der Waals surface area contributed by atoms with Gasteiger partial charge in [-0.25, -0.2) is 4.79 Å². The number of carbonyl (C=O) groups excluding carboxylic acids is 1. The Morgan fingerprint density at radius 2 is 1.72 bits per heavy atom. The van der Waals surface area contributed by atoms with Gasteiger partial charge in [0.05, 0.1) is 0 Å². The fourth-order valence-corrected chi connectivity index (χ4v) is 3.07. The summed E-state index contributed by atoms with van der Waals surface area (Å²) in [5.41, 5.74) is 1.28. The van der Waals surface area contributed by atoms with Gasteiger partial charge in [0.2, 0.25) is 0 Å². The number of aliphatic carboxylic acids is 1. The lowest BCUT2D eigenvalue weighted by Crippen LogP contribution is -2.42. The SMILES string of the molecule is O=C(N[C@@H](Cc1ccc2ccccc2c1)C(=O)O)c1cccc(Br)c1. The molecular formula is C20H16BrNO3. The number of hydrogen-bond acceptors (Lipinski definition) is 2. The average Bonchev–Trinajstić information content (AvgIpc) is 2.61. The molecule has 0 aliphatic heterocycles. The number of hydrogen-bond donors (Lipinski definition) is 2. The van der Waals surface area contributed by atoms with Crippen molar-refractivity contribution in [2.24, 2.45) is 0 Å². The van der Waals surface area contributed by atoms with Crippen LogP contribution in [-0.2, 0) is 11.2 Å². The van der Waals surface area contributed by atoms with Gasteiger partial charge in [-0.3, -0.25) is 4.79 Å². The van der Waals surface area contributed by atoms with Gasteiger partial charge in [-0.15, -0.1) is 0 Å². The molecule has 3 aromatic carbocycles. The van der Waals surface area contributed by atoms with Crippen LogP contribution in [0.15, 0.2) is 71.2 Å². The average molecular weight is 398 g/mol. The van der Waals surface area contributed by atoms with Gasteiger partial charge in [0.1, 0.15) is 6.04 Å². The molecule has 0 bridgehead atoms. The maximum absolute atomic E-state index is 12.3. The minimum absolute atomic E-state index is 0.222. The van der Waals surface area contributed by atoms with E-state index >= 15 is 0 Å².